The van der Waals surface area contributed by atoms with E-state index in [2.05, 4.69) is 4.74 Å². The van der Waals surface area contributed by atoms with Gasteiger partial charge in [-0.3, -0.25) is 9.59 Å². The molecule has 1 aromatic carbocycles. The zero-order chi connectivity index (χ0) is 13.7. The highest BCUT2D eigenvalue weighted by Crippen LogP contribution is 2.21. The third-order valence-corrected chi connectivity index (χ3v) is 2.61. The third kappa shape index (κ3) is 3.26. The Morgan fingerprint density at radius 1 is 1.44 bits per heavy atom. The highest BCUT2D eigenvalue weighted by molar-refractivity contribution is 5.73. The number of amides is 1. The van der Waals surface area contributed by atoms with Crippen LogP contribution in [-0.2, 0) is 14.3 Å². The zero-order valence-corrected chi connectivity index (χ0v) is 10.0. The molecule has 1 rings (SSSR count). The number of rotatable bonds is 5. The van der Waals surface area contributed by atoms with Crippen molar-refractivity contribution in [3.8, 4) is 0 Å². The van der Waals surface area contributed by atoms with Crippen molar-refractivity contribution in [3.63, 3.8) is 0 Å². The molecule has 0 radical (unpaired) electrons. The largest absolute Gasteiger partial charge is 0.465 e. The van der Waals surface area contributed by atoms with Crippen LogP contribution >= 0.6 is 0 Å². The molecule has 98 valence electrons. The van der Waals surface area contributed by atoms with Gasteiger partial charge in [0.15, 0.2) is 11.6 Å². The Morgan fingerprint density at radius 2 is 2.11 bits per heavy atom. The van der Waals surface area contributed by atoms with E-state index in [9.17, 15) is 18.4 Å². The van der Waals surface area contributed by atoms with Crippen LogP contribution in [0.15, 0.2) is 18.2 Å². The molecule has 18 heavy (non-hydrogen) atoms. The summed E-state index contributed by atoms with van der Waals surface area (Å²) < 4.78 is 30.6. The van der Waals surface area contributed by atoms with Crippen LogP contribution in [0.4, 0.5) is 8.78 Å². The SMILES string of the molecule is CC(=O)N(C)C(COC=O)c1ccc(F)c(F)c1. The smallest absolute Gasteiger partial charge is 0.293 e. The molecular weight excluding hydrogens is 244 g/mol. The summed E-state index contributed by atoms with van der Waals surface area (Å²) in [6, 6.07) is 2.64. The van der Waals surface area contributed by atoms with Crippen molar-refractivity contribution >= 4 is 12.4 Å². The Labute approximate surface area is 103 Å². The Hall–Kier alpha value is -1.98. The maximum Gasteiger partial charge on any atom is 0.293 e. The lowest BCUT2D eigenvalue weighted by Gasteiger charge is -2.26. The second-order valence-corrected chi connectivity index (χ2v) is 3.75. The number of halogens is 2. The minimum Gasteiger partial charge on any atom is -0.465 e. The topological polar surface area (TPSA) is 46.6 Å². The van der Waals surface area contributed by atoms with Crippen molar-refractivity contribution in [2.24, 2.45) is 0 Å². The van der Waals surface area contributed by atoms with Crippen LogP contribution < -0.4 is 0 Å². The van der Waals surface area contributed by atoms with E-state index in [-0.39, 0.29) is 19.0 Å². The summed E-state index contributed by atoms with van der Waals surface area (Å²) in [4.78, 5) is 22.8. The van der Waals surface area contributed by atoms with E-state index in [1.807, 2.05) is 0 Å². The molecule has 0 aliphatic carbocycles. The van der Waals surface area contributed by atoms with Gasteiger partial charge in [-0.2, -0.15) is 0 Å². The summed E-state index contributed by atoms with van der Waals surface area (Å²) >= 11 is 0. The van der Waals surface area contributed by atoms with Gasteiger partial charge in [0.25, 0.3) is 6.47 Å². The molecule has 0 saturated carbocycles. The van der Waals surface area contributed by atoms with Crippen molar-refractivity contribution < 1.29 is 23.1 Å². The van der Waals surface area contributed by atoms with Gasteiger partial charge in [0.1, 0.15) is 6.61 Å². The molecule has 0 spiro atoms. The molecule has 1 amide bonds. The number of ether oxygens (including phenoxy) is 1. The number of likely N-dealkylation sites (N-methyl/N-ethyl adjacent to an activating group) is 1. The van der Waals surface area contributed by atoms with Gasteiger partial charge < -0.3 is 9.64 Å². The lowest BCUT2D eigenvalue weighted by Crippen LogP contribution is -2.32. The quantitative estimate of drug-likeness (QED) is 0.754. The average molecular weight is 257 g/mol. The van der Waals surface area contributed by atoms with Gasteiger partial charge >= 0.3 is 0 Å². The first kappa shape index (κ1) is 14.1. The van der Waals surface area contributed by atoms with E-state index >= 15 is 0 Å². The first-order valence-corrected chi connectivity index (χ1v) is 5.21. The van der Waals surface area contributed by atoms with E-state index < -0.39 is 17.7 Å². The average Bonchev–Trinajstić information content (AvgIpc) is 2.33. The minimum atomic E-state index is -1.01. The van der Waals surface area contributed by atoms with Crippen molar-refractivity contribution in [1.82, 2.24) is 4.90 Å². The lowest BCUT2D eigenvalue weighted by molar-refractivity contribution is -0.136. The number of nitrogens with zero attached hydrogens (tertiary/aromatic N) is 1. The monoisotopic (exact) mass is 257 g/mol. The second-order valence-electron chi connectivity index (χ2n) is 3.75. The van der Waals surface area contributed by atoms with E-state index in [0.29, 0.717) is 5.56 Å². The maximum atomic E-state index is 13.1. The standard InChI is InChI=1S/C12H13F2NO3/c1-8(17)15(2)12(6-18-7-16)9-3-4-10(13)11(14)5-9/h3-5,7,12H,6H2,1-2H3. The molecule has 0 heterocycles. The predicted molar refractivity (Wildman–Crippen MR) is 59.6 cm³/mol. The van der Waals surface area contributed by atoms with Crippen LogP contribution in [0.25, 0.3) is 0 Å². The van der Waals surface area contributed by atoms with Gasteiger partial charge in [-0.05, 0) is 17.7 Å². The third-order valence-electron chi connectivity index (χ3n) is 2.61. The van der Waals surface area contributed by atoms with Crippen LogP contribution in [0.2, 0.25) is 0 Å². The molecule has 6 heteroatoms. The lowest BCUT2D eigenvalue weighted by atomic mass is 10.1. The van der Waals surface area contributed by atoms with Crippen molar-refractivity contribution in [2.45, 2.75) is 13.0 Å². The van der Waals surface area contributed by atoms with Gasteiger partial charge in [0.2, 0.25) is 5.91 Å². The fourth-order valence-electron chi connectivity index (χ4n) is 1.50. The fraction of sp³-hybridized carbons (Fsp3) is 0.333. The summed E-state index contributed by atoms with van der Waals surface area (Å²) in [5, 5.41) is 0. The first-order chi connectivity index (χ1) is 8.47. The molecule has 0 N–H and O–H groups in total. The molecule has 1 unspecified atom stereocenters. The fourth-order valence-corrected chi connectivity index (χ4v) is 1.50. The number of carbonyl (C=O) groups excluding carboxylic acids is 2. The number of benzene rings is 1. The van der Waals surface area contributed by atoms with Gasteiger partial charge in [-0.1, -0.05) is 6.07 Å². The van der Waals surface area contributed by atoms with Gasteiger partial charge in [0, 0.05) is 14.0 Å². The molecular formula is C12H13F2NO3. The highest BCUT2D eigenvalue weighted by Gasteiger charge is 2.21. The molecule has 0 saturated heterocycles. The Morgan fingerprint density at radius 3 is 2.61 bits per heavy atom. The van der Waals surface area contributed by atoms with Crippen molar-refractivity contribution in [3.05, 3.63) is 35.4 Å². The van der Waals surface area contributed by atoms with Crippen LogP contribution in [0, 0.1) is 11.6 Å². The zero-order valence-electron chi connectivity index (χ0n) is 10.0. The maximum absolute atomic E-state index is 13.1. The number of hydrogen-bond donors (Lipinski definition) is 0. The van der Waals surface area contributed by atoms with E-state index in [4.69, 9.17) is 0 Å². The summed E-state index contributed by atoms with van der Waals surface area (Å²) in [5.74, 6) is -2.26. The van der Waals surface area contributed by atoms with E-state index in [1.54, 1.807) is 0 Å². The summed E-state index contributed by atoms with van der Waals surface area (Å²) in [5.41, 5.74) is 0.355. The van der Waals surface area contributed by atoms with Crippen LogP contribution in [0.1, 0.15) is 18.5 Å². The summed E-state index contributed by atoms with van der Waals surface area (Å²) in [7, 11) is 1.49. The van der Waals surface area contributed by atoms with Crippen molar-refractivity contribution in [2.75, 3.05) is 13.7 Å². The van der Waals surface area contributed by atoms with Gasteiger partial charge in [-0.15, -0.1) is 0 Å². The van der Waals surface area contributed by atoms with Gasteiger partial charge in [-0.25, -0.2) is 8.78 Å². The van der Waals surface area contributed by atoms with Crippen LogP contribution in [0.3, 0.4) is 0 Å². The van der Waals surface area contributed by atoms with Gasteiger partial charge in [0.05, 0.1) is 6.04 Å². The Balaban J connectivity index is 3.04. The normalized spacial score (nSPS) is 11.8. The molecule has 1 aromatic rings. The molecule has 1 atom stereocenters. The van der Waals surface area contributed by atoms with E-state index in [0.717, 1.165) is 12.1 Å². The number of carbonyl (C=O) groups is 2. The van der Waals surface area contributed by atoms with Crippen LogP contribution in [-0.4, -0.2) is 30.9 Å². The summed E-state index contributed by atoms with van der Waals surface area (Å²) in [6.07, 6.45) is 0. The molecule has 0 bridgehead atoms. The first-order valence-electron chi connectivity index (χ1n) is 5.21. The Bertz CT molecular complexity index is 451. The molecule has 0 fully saturated rings. The second kappa shape index (κ2) is 6.09. The summed E-state index contributed by atoms with van der Waals surface area (Å²) in [6.45, 7) is 1.44. The Kier molecular flexibility index (Phi) is 4.76. The predicted octanol–water partition coefficient (Wildman–Crippen LogP) is 1.66. The van der Waals surface area contributed by atoms with E-state index in [1.165, 1.54) is 24.9 Å². The van der Waals surface area contributed by atoms with Crippen LogP contribution in [0.5, 0.6) is 0 Å². The van der Waals surface area contributed by atoms with Crippen molar-refractivity contribution in [1.29, 1.82) is 0 Å². The number of hydrogen-bond acceptors (Lipinski definition) is 3. The molecule has 0 aliphatic rings. The minimum absolute atomic E-state index is 0.120. The molecule has 0 aromatic heterocycles. The molecule has 4 nitrogen and oxygen atoms in total. The highest BCUT2D eigenvalue weighted by atomic mass is 19.2. The molecule has 0 aliphatic heterocycles.